The average Bonchev–Trinajstić information content (AvgIpc) is 2.98. The van der Waals surface area contributed by atoms with Crippen LogP contribution in [-0.2, 0) is 19.1 Å². The van der Waals surface area contributed by atoms with Gasteiger partial charge in [-0.05, 0) is 104 Å². The van der Waals surface area contributed by atoms with Crippen molar-refractivity contribution in [2.45, 2.75) is 130 Å². The van der Waals surface area contributed by atoms with E-state index in [2.05, 4.69) is 47.6 Å². The lowest BCUT2D eigenvalue weighted by molar-refractivity contribution is -0.269. The monoisotopic (exact) mass is 634 g/mol. The topological polar surface area (TPSA) is 182 Å². The Kier molecular flexibility index (Phi) is 8.73. The Labute approximate surface area is 266 Å². The number of aliphatic carboxylic acids is 2. The number of hydrogen-bond acceptors (Lipinski definition) is 8. The molecule has 0 aliphatic heterocycles. The van der Waals surface area contributed by atoms with E-state index >= 15 is 0 Å². The first kappa shape index (κ1) is 34.5. The number of aliphatic hydroxyl groups excluding tert-OH is 4. The molecule has 5 aliphatic rings. The molecule has 0 aromatic heterocycles. The van der Waals surface area contributed by atoms with E-state index in [0.29, 0.717) is 50.9 Å². The van der Waals surface area contributed by atoms with Crippen LogP contribution in [0.15, 0.2) is 11.6 Å². The van der Waals surface area contributed by atoms with Crippen molar-refractivity contribution in [1.82, 2.24) is 0 Å². The third kappa shape index (κ3) is 4.63. The summed E-state index contributed by atoms with van der Waals surface area (Å²) in [6.07, 6.45) is -0.341. The second-order valence-electron chi connectivity index (χ2n) is 16.5. The van der Waals surface area contributed by atoms with E-state index in [4.69, 9.17) is 4.74 Å². The van der Waals surface area contributed by atoms with Crippen LogP contribution >= 0.6 is 0 Å². The number of aliphatic hydroxyl groups is 4. The molecule has 0 unspecified atom stereocenters. The minimum Gasteiger partial charge on any atom is -0.481 e. The van der Waals surface area contributed by atoms with E-state index in [1.165, 1.54) is 0 Å². The molecule has 4 saturated carbocycles. The number of carbonyl (C=O) groups is 3. The highest BCUT2D eigenvalue weighted by Crippen LogP contribution is 2.76. The summed E-state index contributed by atoms with van der Waals surface area (Å²) in [4.78, 5) is 37.6. The van der Waals surface area contributed by atoms with Crippen LogP contribution in [-0.4, -0.2) is 79.6 Å². The number of aldehydes is 1. The summed E-state index contributed by atoms with van der Waals surface area (Å²) >= 11 is 0. The normalized spacial score (nSPS) is 46.5. The number of fused-ring (bicyclic) bond motifs is 7. The van der Waals surface area contributed by atoms with E-state index in [0.717, 1.165) is 18.4 Å². The number of hydrogen-bond donors (Lipinski definition) is 6. The van der Waals surface area contributed by atoms with Gasteiger partial charge in [0.25, 0.3) is 0 Å². The highest BCUT2D eigenvalue weighted by molar-refractivity contribution is 5.84. The van der Waals surface area contributed by atoms with Gasteiger partial charge in [0.15, 0.2) is 12.6 Å². The Morgan fingerprint density at radius 2 is 1.53 bits per heavy atom. The molecule has 254 valence electrons. The van der Waals surface area contributed by atoms with Gasteiger partial charge in [0, 0.05) is 0 Å². The molecule has 10 nitrogen and oxygen atoms in total. The minimum atomic E-state index is -1.90. The molecule has 0 aromatic carbocycles. The van der Waals surface area contributed by atoms with Gasteiger partial charge in [0.1, 0.15) is 18.3 Å². The fourth-order valence-electron chi connectivity index (χ4n) is 11.9. The molecule has 0 radical (unpaired) electrons. The molecule has 5 rings (SSSR count). The number of allylic oxidation sites excluding steroid dienone is 1. The minimum absolute atomic E-state index is 0.0255. The molecule has 0 heterocycles. The van der Waals surface area contributed by atoms with Crippen LogP contribution in [0.3, 0.4) is 0 Å². The maximum atomic E-state index is 13.7. The van der Waals surface area contributed by atoms with Crippen molar-refractivity contribution in [3.63, 3.8) is 0 Å². The number of carboxylic acids is 2. The van der Waals surface area contributed by atoms with Crippen molar-refractivity contribution >= 4 is 18.2 Å². The number of carboxylic acid groups (broad SMARTS) is 2. The fraction of sp³-hybridized carbons (Fsp3) is 0.857. The largest absolute Gasteiger partial charge is 0.481 e. The first-order chi connectivity index (χ1) is 20.9. The van der Waals surface area contributed by atoms with Gasteiger partial charge >= 0.3 is 11.9 Å². The summed E-state index contributed by atoms with van der Waals surface area (Å²) in [7, 11) is 0. The van der Waals surface area contributed by atoms with Gasteiger partial charge in [0.2, 0.25) is 0 Å². The molecule has 0 bridgehead atoms. The molecule has 4 fully saturated rings. The second kappa shape index (κ2) is 11.4. The predicted molar refractivity (Wildman–Crippen MR) is 164 cm³/mol. The van der Waals surface area contributed by atoms with Crippen molar-refractivity contribution in [3.05, 3.63) is 11.6 Å². The molecule has 10 heteroatoms. The molecule has 0 amide bonds. The van der Waals surface area contributed by atoms with Gasteiger partial charge in [-0.15, -0.1) is 0 Å². The molecule has 14 atom stereocenters. The summed E-state index contributed by atoms with van der Waals surface area (Å²) < 4.78 is 5.95. The molecular formula is C35H54O10. The predicted octanol–water partition coefficient (Wildman–Crippen LogP) is 3.78. The maximum absolute atomic E-state index is 13.7. The molecule has 0 saturated heterocycles. The Morgan fingerprint density at radius 3 is 2.13 bits per heavy atom. The van der Waals surface area contributed by atoms with E-state index in [-0.39, 0.29) is 35.4 Å². The van der Waals surface area contributed by atoms with Crippen molar-refractivity contribution < 1.29 is 49.8 Å². The van der Waals surface area contributed by atoms with E-state index < -0.39 is 64.3 Å². The third-order valence-corrected chi connectivity index (χ3v) is 14.6. The highest BCUT2D eigenvalue weighted by atomic mass is 16.6. The van der Waals surface area contributed by atoms with Crippen LogP contribution in [0.1, 0.15) is 99.3 Å². The van der Waals surface area contributed by atoms with Gasteiger partial charge in [-0.3, -0.25) is 9.59 Å². The van der Waals surface area contributed by atoms with Crippen LogP contribution in [0, 0.1) is 56.7 Å². The van der Waals surface area contributed by atoms with Crippen LogP contribution in [0.4, 0.5) is 0 Å². The zero-order valence-corrected chi connectivity index (χ0v) is 27.6. The van der Waals surface area contributed by atoms with Gasteiger partial charge in [-0.2, -0.15) is 0 Å². The lowest BCUT2D eigenvalue weighted by atomic mass is 9.33. The van der Waals surface area contributed by atoms with Crippen molar-refractivity contribution in [2.75, 3.05) is 0 Å². The first-order valence-corrected chi connectivity index (χ1v) is 16.9. The maximum Gasteiger partial charge on any atom is 0.314 e. The van der Waals surface area contributed by atoms with E-state index in [1.807, 2.05) is 0 Å². The summed E-state index contributed by atoms with van der Waals surface area (Å²) in [6, 6.07) is 0. The zero-order valence-electron chi connectivity index (χ0n) is 27.6. The SMILES string of the molecule is C[C@H]1[C@H](C)CC[C@]2(C(=O)O)CC[C@]3(C(=O)O)C(=CC[C@@H]4[C@@]5(C)CC[C@@H](O[C@H](O)[C@@H](O)[C@H](O)[C@H](O)C=O)C(C)(C)[C@@H]5CC[C@]43C)[C@H]12. The van der Waals surface area contributed by atoms with Gasteiger partial charge < -0.3 is 40.2 Å². The first-order valence-electron chi connectivity index (χ1n) is 16.9. The van der Waals surface area contributed by atoms with Crippen molar-refractivity contribution in [3.8, 4) is 0 Å². The molecule has 45 heavy (non-hydrogen) atoms. The molecule has 5 aliphatic carbocycles. The van der Waals surface area contributed by atoms with Gasteiger partial charge in [-0.25, -0.2) is 0 Å². The van der Waals surface area contributed by atoms with Gasteiger partial charge in [-0.1, -0.05) is 53.2 Å². The van der Waals surface area contributed by atoms with Crippen LogP contribution in [0.2, 0.25) is 0 Å². The highest BCUT2D eigenvalue weighted by Gasteiger charge is 2.73. The molecular weight excluding hydrogens is 580 g/mol. The Bertz CT molecular complexity index is 1230. The van der Waals surface area contributed by atoms with Crippen molar-refractivity contribution in [1.29, 1.82) is 0 Å². The zero-order chi connectivity index (χ0) is 33.5. The standard InChI is InChI=1S/C35H54O10/c1-18-9-14-34(29(41)42)15-16-35(30(43)44)20(25(34)19(18)2)7-8-23-32(5)12-11-24(31(3,4)22(32)10-13-33(23,35)6)45-28(40)27(39)26(38)21(37)17-36/h7,17-19,21-28,37-40H,8-16H2,1-6H3,(H,41,42)(H,43,44)/t18-,19+,21-,22+,23-,24-,25+,26-,27+,28+,32+,33-,34+,35-/m1/s1. The van der Waals surface area contributed by atoms with Crippen LogP contribution in [0.5, 0.6) is 0 Å². The fourth-order valence-corrected chi connectivity index (χ4v) is 11.9. The van der Waals surface area contributed by atoms with Crippen LogP contribution < -0.4 is 0 Å². The summed E-state index contributed by atoms with van der Waals surface area (Å²) in [5.74, 6) is -1.46. The average molecular weight is 635 g/mol. The Hall–Kier alpha value is -1.85. The Morgan fingerprint density at radius 1 is 0.867 bits per heavy atom. The number of carbonyl (C=O) groups excluding carboxylic acids is 1. The lowest BCUT2D eigenvalue weighted by Crippen LogP contribution is -2.68. The Balaban J connectivity index is 1.50. The number of rotatable bonds is 8. The summed E-state index contributed by atoms with van der Waals surface area (Å²) in [5.41, 5.74) is -2.58. The van der Waals surface area contributed by atoms with Crippen LogP contribution in [0.25, 0.3) is 0 Å². The number of ether oxygens (including phenoxy) is 1. The van der Waals surface area contributed by atoms with E-state index in [9.17, 15) is 45.0 Å². The molecule has 6 N–H and O–H groups in total. The summed E-state index contributed by atoms with van der Waals surface area (Å²) in [6.45, 7) is 12.8. The van der Waals surface area contributed by atoms with Crippen molar-refractivity contribution in [2.24, 2.45) is 56.7 Å². The quantitative estimate of drug-likeness (QED) is 0.131. The van der Waals surface area contributed by atoms with Gasteiger partial charge in [0.05, 0.1) is 16.9 Å². The lowest BCUT2D eigenvalue weighted by Gasteiger charge is -2.70. The third-order valence-electron chi connectivity index (χ3n) is 14.6. The molecule has 0 aromatic rings. The summed E-state index contributed by atoms with van der Waals surface area (Å²) in [5, 5.41) is 62.6. The second-order valence-corrected chi connectivity index (χ2v) is 16.5. The molecule has 0 spiro atoms. The van der Waals surface area contributed by atoms with E-state index in [1.54, 1.807) is 0 Å². The smallest absolute Gasteiger partial charge is 0.314 e.